The molecule has 0 radical (unpaired) electrons. The summed E-state index contributed by atoms with van der Waals surface area (Å²) in [6.45, 7) is 2.68. The molecule has 0 saturated heterocycles. The Labute approximate surface area is 109 Å². The maximum absolute atomic E-state index is 11.6. The van der Waals surface area contributed by atoms with E-state index in [1.807, 2.05) is 0 Å². The molecular weight excluding hydrogens is 315 g/mol. The SMILES string of the molecule is CC(=O)c1c(I)nn2c1CCC(C1CC1)C2. The molecule has 3 rings (SSSR count). The maximum atomic E-state index is 11.6. The van der Waals surface area contributed by atoms with Crippen LogP contribution in [0, 0.1) is 15.5 Å². The third-order valence-corrected chi connectivity index (χ3v) is 4.57. The minimum absolute atomic E-state index is 0.163. The second-order valence-electron chi connectivity index (χ2n) is 4.99. The van der Waals surface area contributed by atoms with Crippen molar-refractivity contribution in [3.8, 4) is 0 Å². The Balaban J connectivity index is 1.94. The van der Waals surface area contributed by atoms with Crippen LogP contribution in [-0.4, -0.2) is 15.6 Å². The Kier molecular flexibility index (Phi) is 2.57. The van der Waals surface area contributed by atoms with Crippen molar-refractivity contribution in [3.05, 3.63) is 15.0 Å². The Morgan fingerprint density at radius 1 is 1.38 bits per heavy atom. The van der Waals surface area contributed by atoms with Crippen LogP contribution in [0.3, 0.4) is 0 Å². The number of carbonyl (C=O) groups excluding carboxylic acids is 1. The van der Waals surface area contributed by atoms with Gasteiger partial charge in [0.15, 0.2) is 5.78 Å². The Morgan fingerprint density at radius 3 is 2.75 bits per heavy atom. The molecule has 2 heterocycles. The van der Waals surface area contributed by atoms with E-state index in [9.17, 15) is 4.79 Å². The van der Waals surface area contributed by atoms with Gasteiger partial charge in [0.2, 0.25) is 0 Å². The van der Waals surface area contributed by atoms with Gasteiger partial charge in [0.25, 0.3) is 0 Å². The van der Waals surface area contributed by atoms with Crippen LogP contribution in [0.2, 0.25) is 0 Å². The Bertz CT molecular complexity index is 448. The fraction of sp³-hybridized carbons (Fsp3) is 0.667. The third-order valence-electron chi connectivity index (χ3n) is 3.82. The van der Waals surface area contributed by atoms with Gasteiger partial charge in [-0.25, -0.2) is 0 Å². The monoisotopic (exact) mass is 330 g/mol. The fourth-order valence-corrected chi connectivity index (χ4v) is 3.76. The molecule has 1 aliphatic carbocycles. The molecule has 86 valence electrons. The molecule has 1 atom stereocenters. The van der Waals surface area contributed by atoms with Crippen molar-refractivity contribution in [1.82, 2.24) is 9.78 Å². The molecule has 2 aliphatic rings. The molecule has 1 unspecified atom stereocenters. The maximum Gasteiger partial charge on any atom is 0.164 e. The van der Waals surface area contributed by atoms with Crippen molar-refractivity contribution < 1.29 is 4.79 Å². The van der Waals surface area contributed by atoms with Gasteiger partial charge in [0.1, 0.15) is 3.70 Å². The van der Waals surface area contributed by atoms with E-state index in [1.165, 1.54) is 25.0 Å². The smallest absolute Gasteiger partial charge is 0.164 e. The first-order valence-electron chi connectivity index (χ1n) is 5.93. The number of halogens is 1. The van der Waals surface area contributed by atoms with E-state index in [0.717, 1.165) is 34.1 Å². The quantitative estimate of drug-likeness (QED) is 0.617. The summed E-state index contributed by atoms with van der Waals surface area (Å²) in [5.74, 6) is 1.91. The summed E-state index contributed by atoms with van der Waals surface area (Å²) < 4.78 is 2.97. The third kappa shape index (κ3) is 1.71. The van der Waals surface area contributed by atoms with E-state index < -0.39 is 0 Å². The minimum Gasteiger partial charge on any atom is -0.294 e. The largest absolute Gasteiger partial charge is 0.294 e. The first kappa shape index (κ1) is 10.7. The minimum atomic E-state index is 0.163. The molecule has 0 spiro atoms. The van der Waals surface area contributed by atoms with Crippen LogP contribution < -0.4 is 0 Å². The number of carbonyl (C=O) groups is 1. The highest BCUT2D eigenvalue weighted by molar-refractivity contribution is 14.1. The topological polar surface area (TPSA) is 34.9 Å². The molecule has 1 aromatic rings. The van der Waals surface area contributed by atoms with Gasteiger partial charge in [-0.3, -0.25) is 9.48 Å². The molecule has 0 N–H and O–H groups in total. The number of nitrogens with zero attached hydrogens (tertiary/aromatic N) is 2. The molecule has 16 heavy (non-hydrogen) atoms. The molecule has 1 aromatic heterocycles. The summed E-state index contributed by atoms with van der Waals surface area (Å²) in [4.78, 5) is 11.6. The van der Waals surface area contributed by atoms with Gasteiger partial charge in [-0.2, -0.15) is 5.10 Å². The van der Waals surface area contributed by atoms with Crippen molar-refractivity contribution in [2.75, 3.05) is 0 Å². The highest BCUT2D eigenvalue weighted by Gasteiger charge is 2.35. The van der Waals surface area contributed by atoms with Crippen LogP contribution in [-0.2, 0) is 13.0 Å². The standard InChI is InChI=1S/C12H15IN2O/c1-7(16)11-10-5-4-9(8-2-3-8)6-15(10)14-12(11)13/h8-9H,2-6H2,1H3. The summed E-state index contributed by atoms with van der Waals surface area (Å²) in [6, 6.07) is 0. The van der Waals surface area contributed by atoms with Gasteiger partial charge >= 0.3 is 0 Å². The molecular formula is C12H15IN2O. The average molecular weight is 330 g/mol. The van der Waals surface area contributed by atoms with Crippen LogP contribution in [0.4, 0.5) is 0 Å². The second-order valence-corrected chi connectivity index (χ2v) is 6.01. The lowest BCUT2D eigenvalue weighted by atomic mass is 9.92. The number of hydrogen-bond donors (Lipinski definition) is 0. The fourth-order valence-electron chi connectivity index (χ4n) is 2.81. The molecule has 0 bridgehead atoms. The van der Waals surface area contributed by atoms with Crippen molar-refractivity contribution >= 4 is 28.4 Å². The van der Waals surface area contributed by atoms with Crippen LogP contribution in [0.5, 0.6) is 0 Å². The summed E-state index contributed by atoms with van der Waals surface area (Å²) in [5, 5.41) is 4.52. The number of ketones is 1. The van der Waals surface area contributed by atoms with Crippen LogP contribution in [0.1, 0.15) is 42.2 Å². The number of aromatic nitrogens is 2. The summed E-state index contributed by atoms with van der Waals surface area (Å²) in [7, 11) is 0. The summed E-state index contributed by atoms with van der Waals surface area (Å²) in [5.41, 5.74) is 2.05. The highest BCUT2D eigenvalue weighted by Crippen LogP contribution is 2.42. The molecule has 0 amide bonds. The predicted octanol–water partition coefficient (Wildman–Crippen LogP) is 2.66. The predicted molar refractivity (Wildman–Crippen MR) is 69.5 cm³/mol. The van der Waals surface area contributed by atoms with Crippen molar-refractivity contribution in [1.29, 1.82) is 0 Å². The number of Topliss-reactive ketones (excluding diaryl/α,β-unsaturated/α-hetero) is 1. The van der Waals surface area contributed by atoms with Gasteiger partial charge in [0.05, 0.1) is 11.3 Å². The van der Waals surface area contributed by atoms with Gasteiger partial charge in [-0.15, -0.1) is 0 Å². The highest BCUT2D eigenvalue weighted by atomic mass is 127. The van der Waals surface area contributed by atoms with E-state index in [-0.39, 0.29) is 5.78 Å². The molecule has 1 aliphatic heterocycles. The molecule has 1 saturated carbocycles. The first-order chi connectivity index (χ1) is 7.66. The van der Waals surface area contributed by atoms with E-state index >= 15 is 0 Å². The second kappa shape index (κ2) is 3.82. The molecule has 4 heteroatoms. The van der Waals surface area contributed by atoms with E-state index in [2.05, 4.69) is 32.4 Å². The number of fused-ring (bicyclic) bond motifs is 1. The van der Waals surface area contributed by atoms with E-state index in [0.29, 0.717) is 0 Å². The number of rotatable bonds is 2. The zero-order chi connectivity index (χ0) is 11.3. The molecule has 0 aromatic carbocycles. The summed E-state index contributed by atoms with van der Waals surface area (Å²) >= 11 is 2.18. The average Bonchev–Trinajstić information content (AvgIpc) is 2.99. The van der Waals surface area contributed by atoms with Crippen LogP contribution in [0.15, 0.2) is 0 Å². The van der Waals surface area contributed by atoms with Crippen molar-refractivity contribution in [2.45, 2.75) is 39.2 Å². The van der Waals surface area contributed by atoms with E-state index in [4.69, 9.17) is 0 Å². The van der Waals surface area contributed by atoms with Gasteiger partial charge in [-0.05, 0) is 67.0 Å². The summed E-state index contributed by atoms with van der Waals surface area (Å²) in [6.07, 6.45) is 5.08. The lowest BCUT2D eigenvalue weighted by molar-refractivity contribution is 0.101. The van der Waals surface area contributed by atoms with Crippen molar-refractivity contribution in [3.63, 3.8) is 0 Å². The van der Waals surface area contributed by atoms with Crippen LogP contribution in [0.25, 0.3) is 0 Å². The normalized spacial score (nSPS) is 24.2. The number of hydrogen-bond acceptors (Lipinski definition) is 2. The van der Waals surface area contributed by atoms with Gasteiger partial charge in [-0.1, -0.05) is 0 Å². The Morgan fingerprint density at radius 2 is 2.12 bits per heavy atom. The van der Waals surface area contributed by atoms with Gasteiger partial charge < -0.3 is 0 Å². The van der Waals surface area contributed by atoms with Crippen molar-refractivity contribution in [2.24, 2.45) is 11.8 Å². The van der Waals surface area contributed by atoms with Gasteiger partial charge in [0, 0.05) is 6.54 Å². The molecule has 1 fully saturated rings. The van der Waals surface area contributed by atoms with Crippen LogP contribution >= 0.6 is 22.6 Å². The lowest BCUT2D eigenvalue weighted by Gasteiger charge is -2.23. The zero-order valence-electron chi connectivity index (χ0n) is 9.37. The zero-order valence-corrected chi connectivity index (χ0v) is 11.5. The van der Waals surface area contributed by atoms with E-state index in [1.54, 1.807) is 6.92 Å². The first-order valence-corrected chi connectivity index (χ1v) is 7.01. The molecule has 3 nitrogen and oxygen atoms in total. The Hall–Kier alpha value is -0.390. The lowest BCUT2D eigenvalue weighted by Crippen LogP contribution is -2.23.